The van der Waals surface area contributed by atoms with Crippen LogP contribution in [0.1, 0.15) is 11.1 Å². The maximum absolute atomic E-state index is 12.9. The van der Waals surface area contributed by atoms with Gasteiger partial charge in [-0.05, 0) is 36.6 Å². The molecule has 3 nitrogen and oxygen atoms in total. The molecule has 1 atom stereocenters. The van der Waals surface area contributed by atoms with Crippen molar-refractivity contribution in [3.8, 4) is 5.75 Å². The summed E-state index contributed by atoms with van der Waals surface area (Å²) in [6, 6.07) is 2.02. The van der Waals surface area contributed by atoms with Crippen LogP contribution in [-0.2, 0) is 6.42 Å². The topological polar surface area (TPSA) is 66.5 Å². The Balaban J connectivity index is 0.00000196. The second-order valence-electron chi connectivity index (χ2n) is 3.38. The third kappa shape index (κ3) is 3.66. The molecule has 0 bridgehead atoms. The number of aromatic hydroxyl groups is 1. The van der Waals surface area contributed by atoms with E-state index in [9.17, 15) is 9.50 Å². The molecular weight excluding hydrogens is 221 g/mol. The van der Waals surface area contributed by atoms with Gasteiger partial charge in [-0.25, -0.2) is 4.39 Å². The number of hydrogen-bond acceptors (Lipinski definition) is 3. The standard InChI is InChI=1S/C10H14FNO2.ClH/c1-6-2-8(11)3-7(10(6)14)4-9(12)5-13;/h2-3,9,13-14H,4-5,12H2,1H3;1H. The van der Waals surface area contributed by atoms with E-state index < -0.39 is 11.9 Å². The normalized spacial score (nSPS) is 12.0. The first kappa shape index (κ1) is 14.2. The van der Waals surface area contributed by atoms with E-state index in [0.717, 1.165) is 0 Å². The second kappa shape index (κ2) is 5.90. The number of nitrogens with two attached hydrogens (primary N) is 1. The zero-order valence-electron chi connectivity index (χ0n) is 8.40. The fourth-order valence-corrected chi connectivity index (χ4v) is 1.31. The highest BCUT2D eigenvalue weighted by Crippen LogP contribution is 2.24. The minimum atomic E-state index is -0.470. The van der Waals surface area contributed by atoms with Crippen LogP contribution < -0.4 is 5.73 Å². The van der Waals surface area contributed by atoms with Gasteiger partial charge in [0.2, 0.25) is 0 Å². The van der Waals surface area contributed by atoms with Gasteiger partial charge in [0.05, 0.1) is 6.61 Å². The first-order valence-corrected chi connectivity index (χ1v) is 4.39. The number of benzene rings is 1. The Morgan fingerprint density at radius 1 is 1.47 bits per heavy atom. The van der Waals surface area contributed by atoms with Crippen LogP contribution in [0.2, 0.25) is 0 Å². The number of halogens is 2. The van der Waals surface area contributed by atoms with Crippen molar-refractivity contribution in [3.63, 3.8) is 0 Å². The van der Waals surface area contributed by atoms with Crippen molar-refractivity contribution in [2.24, 2.45) is 5.73 Å². The fraction of sp³-hybridized carbons (Fsp3) is 0.400. The minimum absolute atomic E-state index is 0. The van der Waals surface area contributed by atoms with E-state index in [1.807, 2.05) is 0 Å². The minimum Gasteiger partial charge on any atom is -0.507 e. The average Bonchev–Trinajstić information content (AvgIpc) is 2.13. The maximum Gasteiger partial charge on any atom is 0.124 e. The zero-order chi connectivity index (χ0) is 10.7. The number of phenolic OH excluding ortho intramolecular Hbond substituents is 1. The molecule has 5 heteroatoms. The first-order chi connectivity index (χ1) is 6.54. The lowest BCUT2D eigenvalue weighted by Gasteiger charge is -2.11. The summed E-state index contributed by atoms with van der Waals surface area (Å²) in [5.41, 5.74) is 6.40. The highest BCUT2D eigenvalue weighted by molar-refractivity contribution is 5.85. The van der Waals surface area contributed by atoms with Crippen LogP contribution in [0.15, 0.2) is 12.1 Å². The van der Waals surface area contributed by atoms with Crippen LogP contribution in [0.5, 0.6) is 5.75 Å². The van der Waals surface area contributed by atoms with Crippen LogP contribution >= 0.6 is 12.4 Å². The molecular formula is C10H15ClFNO2. The highest BCUT2D eigenvalue weighted by atomic mass is 35.5. The van der Waals surface area contributed by atoms with E-state index in [2.05, 4.69) is 0 Å². The summed E-state index contributed by atoms with van der Waals surface area (Å²) in [5, 5.41) is 18.3. The van der Waals surface area contributed by atoms with E-state index >= 15 is 0 Å². The van der Waals surface area contributed by atoms with Crippen LogP contribution in [0.25, 0.3) is 0 Å². The van der Waals surface area contributed by atoms with Crippen LogP contribution in [0, 0.1) is 12.7 Å². The van der Waals surface area contributed by atoms with E-state index in [0.29, 0.717) is 11.1 Å². The van der Waals surface area contributed by atoms with E-state index in [-0.39, 0.29) is 31.2 Å². The highest BCUT2D eigenvalue weighted by Gasteiger charge is 2.10. The van der Waals surface area contributed by atoms with Gasteiger partial charge in [0, 0.05) is 6.04 Å². The molecule has 0 heterocycles. The van der Waals surface area contributed by atoms with Crippen molar-refractivity contribution in [2.75, 3.05) is 6.61 Å². The predicted molar refractivity (Wildman–Crippen MR) is 58.8 cm³/mol. The average molecular weight is 236 g/mol. The van der Waals surface area contributed by atoms with Gasteiger partial charge in [0.25, 0.3) is 0 Å². The third-order valence-electron chi connectivity index (χ3n) is 2.06. The number of aliphatic hydroxyl groups is 1. The Hall–Kier alpha value is -0.840. The van der Waals surface area contributed by atoms with Gasteiger partial charge in [-0.3, -0.25) is 0 Å². The molecule has 0 radical (unpaired) electrons. The summed E-state index contributed by atoms with van der Waals surface area (Å²) in [6.45, 7) is 1.43. The maximum atomic E-state index is 12.9. The van der Waals surface area contributed by atoms with Gasteiger partial charge in [-0.1, -0.05) is 0 Å². The zero-order valence-corrected chi connectivity index (χ0v) is 9.22. The summed E-state index contributed by atoms with van der Waals surface area (Å²) in [5.74, 6) is -0.351. The smallest absolute Gasteiger partial charge is 0.124 e. The molecule has 0 aliphatic carbocycles. The van der Waals surface area contributed by atoms with E-state index in [1.54, 1.807) is 6.92 Å². The van der Waals surface area contributed by atoms with Crippen LogP contribution in [0.4, 0.5) is 4.39 Å². The molecule has 0 spiro atoms. The van der Waals surface area contributed by atoms with Crippen molar-refractivity contribution in [1.82, 2.24) is 0 Å². The van der Waals surface area contributed by atoms with Crippen molar-refractivity contribution < 1.29 is 14.6 Å². The van der Waals surface area contributed by atoms with Crippen molar-refractivity contribution in [1.29, 1.82) is 0 Å². The molecule has 4 N–H and O–H groups in total. The van der Waals surface area contributed by atoms with E-state index in [4.69, 9.17) is 10.8 Å². The third-order valence-corrected chi connectivity index (χ3v) is 2.06. The largest absolute Gasteiger partial charge is 0.507 e. The summed E-state index contributed by atoms with van der Waals surface area (Å²) < 4.78 is 12.9. The van der Waals surface area contributed by atoms with Crippen molar-refractivity contribution >= 4 is 12.4 Å². The lowest BCUT2D eigenvalue weighted by molar-refractivity contribution is 0.264. The van der Waals surface area contributed by atoms with Gasteiger partial charge in [-0.2, -0.15) is 0 Å². The van der Waals surface area contributed by atoms with Crippen LogP contribution in [-0.4, -0.2) is 22.9 Å². The predicted octanol–water partition coefficient (Wildman–Crippen LogP) is 1.12. The molecule has 86 valence electrons. The Morgan fingerprint density at radius 2 is 2.07 bits per heavy atom. The van der Waals surface area contributed by atoms with Gasteiger partial charge in [0.1, 0.15) is 11.6 Å². The summed E-state index contributed by atoms with van der Waals surface area (Å²) in [6.07, 6.45) is 0.265. The Bertz CT molecular complexity index is 333. The monoisotopic (exact) mass is 235 g/mol. The Morgan fingerprint density at radius 3 is 2.60 bits per heavy atom. The molecule has 0 aromatic heterocycles. The lowest BCUT2D eigenvalue weighted by Crippen LogP contribution is -2.26. The van der Waals surface area contributed by atoms with Crippen molar-refractivity contribution in [3.05, 3.63) is 29.1 Å². The first-order valence-electron chi connectivity index (χ1n) is 4.39. The van der Waals surface area contributed by atoms with Gasteiger partial charge >= 0.3 is 0 Å². The lowest BCUT2D eigenvalue weighted by atomic mass is 10.0. The van der Waals surface area contributed by atoms with Gasteiger partial charge in [-0.15, -0.1) is 12.4 Å². The molecule has 1 unspecified atom stereocenters. The molecule has 0 saturated heterocycles. The molecule has 1 rings (SSSR count). The summed E-state index contributed by atoms with van der Waals surface area (Å²) >= 11 is 0. The quantitative estimate of drug-likeness (QED) is 0.736. The molecule has 0 aliphatic heterocycles. The number of rotatable bonds is 3. The summed E-state index contributed by atoms with van der Waals surface area (Å²) in [7, 11) is 0. The van der Waals surface area contributed by atoms with Crippen LogP contribution in [0.3, 0.4) is 0 Å². The molecule has 0 fully saturated rings. The molecule has 1 aromatic rings. The van der Waals surface area contributed by atoms with Gasteiger partial charge in [0.15, 0.2) is 0 Å². The SMILES string of the molecule is Cc1cc(F)cc(CC(N)CO)c1O.Cl. The molecule has 0 amide bonds. The summed E-state index contributed by atoms with van der Waals surface area (Å²) in [4.78, 5) is 0. The molecule has 15 heavy (non-hydrogen) atoms. The number of aliphatic hydroxyl groups excluding tert-OH is 1. The van der Waals surface area contributed by atoms with Crippen molar-refractivity contribution in [2.45, 2.75) is 19.4 Å². The van der Waals surface area contributed by atoms with E-state index in [1.165, 1.54) is 12.1 Å². The molecule has 0 saturated carbocycles. The Labute approximate surface area is 94.1 Å². The second-order valence-corrected chi connectivity index (χ2v) is 3.38. The van der Waals surface area contributed by atoms with Gasteiger partial charge < -0.3 is 15.9 Å². The fourth-order valence-electron chi connectivity index (χ4n) is 1.31. The number of phenols is 1. The number of aryl methyl sites for hydroxylation is 1. The number of hydrogen-bond donors (Lipinski definition) is 3. The molecule has 1 aromatic carbocycles. The molecule has 0 aliphatic rings. The Kier molecular flexibility index (Phi) is 5.57.